The second-order valence-electron chi connectivity index (χ2n) is 6.94. The summed E-state index contributed by atoms with van der Waals surface area (Å²) in [6.07, 6.45) is 3.68. The third-order valence-electron chi connectivity index (χ3n) is 4.94. The number of nitrogens with zero attached hydrogens (tertiary/aromatic N) is 3. The van der Waals surface area contributed by atoms with Crippen LogP contribution in [0.2, 0.25) is 0 Å². The zero-order valence-electron chi connectivity index (χ0n) is 16.2. The summed E-state index contributed by atoms with van der Waals surface area (Å²) in [5.74, 6) is -0.136. The second-order valence-corrected chi connectivity index (χ2v) is 6.94. The Morgan fingerprint density at radius 3 is 2.33 bits per heavy atom. The second kappa shape index (κ2) is 8.04. The van der Waals surface area contributed by atoms with Crippen molar-refractivity contribution in [3.8, 4) is 11.1 Å². The van der Waals surface area contributed by atoms with Gasteiger partial charge in [0, 0.05) is 37.7 Å². The van der Waals surface area contributed by atoms with Gasteiger partial charge in [0.05, 0.1) is 11.6 Å². The van der Waals surface area contributed by atoms with E-state index in [1.54, 1.807) is 6.20 Å². The fourth-order valence-corrected chi connectivity index (χ4v) is 3.42. The summed E-state index contributed by atoms with van der Waals surface area (Å²) in [5, 5.41) is 13.1. The molecule has 0 radical (unpaired) electrons. The summed E-state index contributed by atoms with van der Waals surface area (Å²) < 4.78 is 0. The smallest absolute Gasteiger partial charge is 0.0658 e. The average Bonchev–Trinajstić information content (AvgIpc) is 2.70. The Morgan fingerprint density at radius 2 is 1.70 bits per heavy atom. The first-order valence-corrected chi connectivity index (χ1v) is 8.98. The van der Waals surface area contributed by atoms with Gasteiger partial charge in [-0.2, -0.15) is 0 Å². The number of hydrogen-bond donors (Lipinski definition) is 1. The Hall–Kier alpha value is -3.14. The maximum atomic E-state index is 9.54. The zero-order valence-corrected chi connectivity index (χ0v) is 16.2. The molecule has 2 aromatic carbocycles. The Balaban J connectivity index is 2.16. The van der Waals surface area contributed by atoms with E-state index < -0.39 is 0 Å². The molecule has 138 valence electrons. The molecular formula is C23H25N3O. The largest absolute Gasteiger partial charge is 0.411 e. The average molecular weight is 359 g/mol. The van der Waals surface area contributed by atoms with E-state index in [1.807, 2.05) is 45.4 Å². The van der Waals surface area contributed by atoms with Crippen molar-refractivity contribution in [3.63, 3.8) is 0 Å². The predicted molar refractivity (Wildman–Crippen MR) is 112 cm³/mol. The van der Waals surface area contributed by atoms with Gasteiger partial charge in [0.15, 0.2) is 0 Å². The number of hydrogen-bond acceptors (Lipinski definition) is 4. The molecule has 0 bridgehead atoms. The molecule has 0 fully saturated rings. The summed E-state index contributed by atoms with van der Waals surface area (Å²) in [7, 11) is 4.06. The summed E-state index contributed by atoms with van der Waals surface area (Å²) in [5.41, 5.74) is 7.30. The van der Waals surface area contributed by atoms with Crippen molar-refractivity contribution in [2.45, 2.75) is 19.8 Å². The van der Waals surface area contributed by atoms with E-state index in [9.17, 15) is 5.21 Å². The van der Waals surface area contributed by atoms with Crippen LogP contribution < -0.4 is 4.90 Å². The minimum atomic E-state index is -0.136. The van der Waals surface area contributed by atoms with Crippen molar-refractivity contribution in [1.82, 2.24) is 4.98 Å². The fraction of sp³-hybridized carbons (Fsp3) is 0.217. The Labute approximate surface area is 160 Å². The molecule has 4 nitrogen and oxygen atoms in total. The third kappa shape index (κ3) is 3.85. The van der Waals surface area contributed by atoms with E-state index in [2.05, 4.69) is 58.4 Å². The van der Waals surface area contributed by atoms with Crippen LogP contribution in [0.1, 0.15) is 29.5 Å². The van der Waals surface area contributed by atoms with Crippen LogP contribution in [0.15, 0.2) is 72.1 Å². The van der Waals surface area contributed by atoms with E-state index in [4.69, 9.17) is 0 Å². The molecule has 0 spiro atoms. The molecule has 0 amide bonds. The molecule has 0 aliphatic carbocycles. The quantitative estimate of drug-likeness (QED) is 0.391. The van der Waals surface area contributed by atoms with Gasteiger partial charge in [0.1, 0.15) is 0 Å². The Bertz CT molecular complexity index is 946. The van der Waals surface area contributed by atoms with Crippen LogP contribution in [0.25, 0.3) is 11.1 Å². The number of oxime groups is 1. The van der Waals surface area contributed by atoms with Crippen LogP contribution in [-0.2, 0) is 0 Å². The van der Waals surface area contributed by atoms with Gasteiger partial charge in [-0.3, -0.25) is 4.98 Å². The molecule has 1 unspecified atom stereocenters. The minimum Gasteiger partial charge on any atom is -0.411 e. The van der Waals surface area contributed by atoms with Crippen LogP contribution in [0, 0.1) is 6.92 Å². The summed E-state index contributed by atoms with van der Waals surface area (Å²) in [6.45, 7) is 3.94. The zero-order chi connectivity index (χ0) is 19.4. The molecule has 1 aromatic heterocycles. The molecule has 0 aliphatic rings. The molecule has 0 saturated heterocycles. The first-order chi connectivity index (χ1) is 13.0. The highest BCUT2D eigenvalue weighted by Crippen LogP contribution is 2.35. The third-order valence-corrected chi connectivity index (χ3v) is 4.94. The van der Waals surface area contributed by atoms with E-state index in [1.165, 1.54) is 0 Å². The van der Waals surface area contributed by atoms with Gasteiger partial charge >= 0.3 is 0 Å². The van der Waals surface area contributed by atoms with Gasteiger partial charge in [-0.25, -0.2) is 0 Å². The molecular weight excluding hydrogens is 334 g/mol. The Morgan fingerprint density at radius 1 is 1.00 bits per heavy atom. The topological polar surface area (TPSA) is 48.7 Å². The van der Waals surface area contributed by atoms with Gasteiger partial charge in [-0.1, -0.05) is 41.6 Å². The van der Waals surface area contributed by atoms with Crippen molar-refractivity contribution in [1.29, 1.82) is 0 Å². The number of pyridine rings is 1. The molecule has 1 N–H and O–H groups in total. The van der Waals surface area contributed by atoms with Crippen molar-refractivity contribution in [3.05, 3.63) is 83.7 Å². The van der Waals surface area contributed by atoms with Crippen molar-refractivity contribution in [2.75, 3.05) is 19.0 Å². The van der Waals surface area contributed by atoms with Gasteiger partial charge in [0.2, 0.25) is 0 Å². The number of anilines is 1. The number of benzene rings is 2. The molecule has 0 aliphatic heterocycles. The maximum Gasteiger partial charge on any atom is 0.0658 e. The van der Waals surface area contributed by atoms with Crippen LogP contribution >= 0.6 is 0 Å². The fourth-order valence-electron chi connectivity index (χ4n) is 3.42. The summed E-state index contributed by atoms with van der Waals surface area (Å²) in [4.78, 5) is 6.43. The van der Waals surface area contributed by atoms with Gasteiger partial charge in [0.25, 0.3) is 0 Å². The highest BCUT2D eigenvalue weighted by atomic mass is 16.4. The molecule has 1 heterocycles. The van der Waals surface area contributed by atoms with E-state index in [0.29, 0.717) is 5.71 Å². The number of aromatic nitrogens is 1. The van der Waals surface area contributed by atoms with Crippen molar-refractivity contribution < 1.29 is 5.21 Å². The van der Waals surface area contributed by atoms with Crippen LogP contribution in [0.4, 0.5) is 5.69 Å². The molecule has 3 aromatic rings. The molecule has 1 atom stereocenters. The van der Waals surface area contributed by atoms with Crippen LogP contribution in [0.5, 0.6) is 0 Å². The minimum absolute atomic E-state index is 0.136. The summed E-state index contributed by atoms with van der Waals surface area (Å²) >= 11 is 0. The van der Waals surface area contributed by atoms with E-state index in [-0.39, 0.29) is 5.92 Å². The number of rotatable bonds is 5. The monoisotopic (exact) mass is 359 g/mol. The normalized spacial score (nSPS) is 12.7. The van der Waals surface area contributed by atoms with Crippen LogP contribution in [-0.4, -0.2) is 30.0 Å². The summed E-state index contributed by atoms with van der Waals surface area (Å²) in [6, 6.07) is 18.6. The van der Waals surface area contributed by atoms with Crippen LogP contribution in [0.3, 0.4) is 0 Å². The Kier molecular flexibility index (Phi) is 5.55. The lowest BCUT2D eigenvalue weighted by Gasteiger charge is -2.22. The van der Waals surface area contributed by atoms with E-state index >= 15 is 0 Å². The SMILES string of the molecule is CC(=NO)C(c1ccccc1C)c1ccncc1-c1ccc(N(C)C)cc1. The maximum absolute atomic E-state index is 9.54. The lowest BCUT2D eigenvalue weighted by atomic mass is 9.82. The molecule has 4 heteroatoms. The first kappa shape index (κ1) is 18.6. The van der Waals surface area contributed by atoms with E-state index in [0.717, 1.165) is 33.5 Å². The lowest BCUT2D eigenvalue weighted by Crippen LogP contribution is -2.14. The van der Waals surface area contributed by atoms with Gasteiger partial charge < -0.3 is 10.1 Å². The van der Waals surface area contributed by atoms with Gasteiger partial charge in [-0.15, -0.1) is 0 Å². The highest BCUT2D eigenvalue weighted by Gasteiger charge is 2.23. The molecule has 0 saturated carbocycles. The van der Waals surface area contributed by atoms with Gasteiger partial charge in [-0.05, 0) is 54.3 Å². The number of aryl methyl sites for hydroxylation is 1. The first-order valence-electron chi connectivity index (χ1n) is 8.98. The van der Waals surface area contributed by atoms with Crippen molar-refractivity contribution in [2.24, 2.45) is 5.16 Å². The predicted octanol–water partition coefficient (Wildman–Crippen LogP) is 5.11. The standard InChI is InChI=1S/C23H25N3O/c1-16-7-5-6-8-20(16)23(17(2)25-27)21-13-14-24-15-22(21)18-9-11-19(12-10-18)26(3)4/h5-15,23,27H,1-4H3. The highest BCUT2D eigenvalue weighted by molar-refractivity contribution is 5.93. The van der Waals surface area contributed by atoms with Crippen molar-refractivity contribution >= 4 is 11.4 Å². The molecule has 27 heavy (non-hydrogen) atoms. The lowest BCUT2D eigenvalue weighted by molar-refractivity contribution is 0.317. The molecule has 3 rings (SSSR count).